The molecule has 1 aromatic carbocycles. The van der Waals surface area contributed by atoms with E-state index < -0.39 is 4.92 Å². The van der Waals surface area contributed by atoms with E-state index in [-0.39, 0.29) is 5.69 Å². The number of nitrogens with zero attached hydrogens (tertiary/aromatic N) is 3. The lowest BCUT2D eigenvalue weighted by Gasteiger charge is -2.06. The highest BCUT2D eigenvalue weighted by atomic mass is 16.6. The van der Waals surface area contributed by atoms with E-state index in [1.807, 2.05) is 6.92 Å². The molecule has 7 nitrogen and oxygen atoms in total. The number of ether oxygens (including phenoxy) is 1. The minimum atomic E-state index is -0.466. The van der Waals surface area contributed by atoms with Crippen LogP contribution in [0.2, 0.25) is 0 Å². The van der Waals surface area contributed by atoms with Gasteiger partial charge in [0.15, 0.2) is 0 Å². The van der Waals surface area contributed by atoms with E-state index in [0.29, 0.717) is 22.8 Å². The molecule has 0 atom stereocenters. The highest BCUT2D eigenvalue weighted by Gasteiger charge is 2.18. The molecule has 0 aliphatic rings. The summed E-state index contributed by atoms with van der Waals surface area (Å²) in [7, 11) is 3.20. The van der Waals surface area contributed by atoms with Crippen LogP contribution in [0.1, 0.15) is 5.56 Å². The second-order valence-corrected chi connectivity index (χ2v) is 4.12. The minimum absolute atomic E-state index is 0.0258. The molecule has 1 heterocycles. The highest BCUT2D eigenvalue weighted by Crippen LogP contribution is 2.35. The number of methoxy groups -OCH3 is 1. The number of nitro groups is 1. The van der Waals surface area contributed by atoms with Gasteiger partial charge in [0.1, 0.15) is 17.3 Å². The van der Waals surface area contributed by atoms with E-state index in [4.69, 9.17) is 10.5 Å². The van der Waals surface area contributed by atoms with Crippen LogP contribution in [0, 0.1) is 17.0 Å². The van der Waals surface area contributed by atoms with Crippen LogP contribution in [-0.2, 0) is 7.05 Å². The van der Waals surface area contributed by atoms with Crippen LogP contribution in [0.25, 0.3) is 11.3 Å². The number of rotatable bonds is 3. The van der Waals surface area contributed by atoms with Crippen molar-refractivity contribution in [2.24, 2.45) is 7.05 Å². The lowest BCUT2D eigenvalue weighted by atomic mass is 10.1. The van der Waals surface area contributed by atoms with E-state index in [1.165, 1.54) is 19.2 Å². The second-order valence-electron chi connectivity index (χ2n) is 4.12. The molecule has 2 rings (SSSR count). The maximum atomic E-state index is 10.8. The van der Waals surface area contributed by atoms with Crippen LogP contribution in [0.15, 0.2) is 18.2 Å². The van der Waals surface area contributed by atoms with Crippen molar-refractivity contribution in [2.75, 3.05) is 12.8 Å². The molecular formula is C12H14N4O3. The topological polar surface area (TPSA) is 96.2 Å². The Hall–Kier alpha value is -2.57. The Morgan fingerprint density at radius 1 is 1.47 bits per heavy atom. The van der Waals surface area contributed by atoms with Gasteiger partial charge in [0.2, 0.25) is 0 Å². The lowest BCUT2D eigenvalue weighted by Crippen LogP contribution is -1.97. The lowest BCUT2D eigenvalue weighted by molar-refractivity contribution is -0.384. The number of benzene rings is 1. The smallest absolute Gasteiger partial charge is 0.273 e. The Labute approximate surface area is 109 Å². The number of nitrogens with two attached hydrogens (primary N) is 1. The van der Waals surface area contributed by atoms with Crippen molar-refractivity contribution in [1.82, 2.24) is 9.78 Å². The first-order valence-electron chi connectivity index (χ1n) is 5.57. The number of hydrogen-bond acceptors (Lipinski definition) is 5. The summed E-state index contributed by atoms with van der Waals surface area (Å²) in [5.41, 5.74) is 7.99. The monoisotopic (exact) mass is 262 g/mol. The maximum Gasteiger partial charge on any atom is 0.273 e. The van der Waals surface area contributed by atoms with Gasteiger partial charge < -0.3 is 10.5 Å². The van der Waals surface area contributed by atoms with Crippen LogP contribution in [0.3, 0.4) is 0 Å². The van der Waals surface area contributed by atoms with Gasteiger partial charge in [0.25, 0.3) is 5.69 Å². The summed E-state index contributed by atoms with van der Waals surface area (Å²) >= 11 is 0. The molecule has 0 spiro atoms. The van der Waals surface area contributed by atoms with Gasteiger partial charge in [0, 0.05) is 24.2 Å². The van der Waals surface area contributed by atoms with Crippen LogP contribution < -0.4 is 10.5 Å². The van der Waals surface area contributed by atoms with Gasteiger partial charge in [-0.3, -0.25) is 14.8 Å². The Morgan fingerprint density at radius 2 is 2.16 bits per heavy atom. The number of hydrogen-bond donors (Lipinski definition) is 1. The minimum Gasteiger partial charge on any atom is -0.496 e. The number of anilines is 1. The Kier molecular flexibility index (Phi) is 3.12. The zero-order valence-electron chi connectivity index (χ0n) is 10.9. The van der Waals surface area contributed by atoms with Gasteiger partial charge in [-0.05, 0) is 13.0 Å². The molecule has 0 saturated heterocycles. The average molecular weight is 262 g/mol. The molecule has 0 bridgehead atoms. The summed E-state index contributed by atoms with van der Waals surface area (Å²) in [6, 6.07) is 4.41. The third-order valence-electron chi connectivity index (χ3n) is 2.99. The third-order valence-corrected chi connectivity index (χ3v) is 2.99. The van der Waals surface area contributed by atoms with Crippen molar-refractivity contribution < 1.29 is 9.66 Å². The molecule has 2 aromatic rings. The molecule has 0 aliphatic heterocycles. The van der Waals surface area contributed by atoms with E-state index in [9.17, 15) is 10.1 Å². The first-order chi connectivity index (χ1) is 8.95. The number of nitrogen functional groups attached to an aromatic ring is 1. The zero-order chi connectivity index (χ0) is 14.2. The fourth-order valence-electron chi connectivity index (χ4n) is 1.89. The summed E-state index contributed by atoms with van der Waals surface area (Å²) in [6.45, 7) is 1.85. The molecule has 0 fully saturated rings. The normalized spacial score (nSPS) is 10.5. The predicted molar refractivity (Wildman–Crippen MR) is 71.0 cm³/mol. The van der Waals surface area contributed by atoms with Gasteiger partial charge in [-0.15, -0.1) is 0 Å². The van der Waals surface area contributed by atoms with Gasteiger partial charge in [-0.1, -0.05) is 0 Å². The quantitative estimate of drug-likeness (QED) is 0.673. The van der Waals surface area contributed by atoms with E-state index >= 15 is 0 Å². The van der Waals surface area contributed by atoms with Crippen LogP contribution in [0.5, 0.6) is 5.75 Å². The van der Waals surface area contributed by atoms with Crippen LogP contribution in [0.4, 0.5) is 11.5 Å². The van der Waals surface area contributed by atoms with Crippen molar-refractivity contribution >= 4 is 11.5 Å². The Morgan fingerprint density at radius 3 is 2.63 bits per heavy atom. The Bertz CT molecular complexity index is 649. The molecule has 0 saturated carbocycles. The maximum absolute atomic E-state index is 10.8. The van der Waals surface area contributed by atoms with Gasteiger partial charge in [-0.25, -0.2) is 0 Å². The molecule has 7 heteroatoms. The van der Waals surface area contributed by atoms with Crippen molar-refractivity contribution in [3.05, 3.63) is 33.9 Å². The summed E-state index contributed by atoms with van der Waals surface area (Å²) in [4.78, 5) is 10.3. The van der Waals surface area contributed by atoms with Gasteiger partial charge in [-0.2, -0.15) is 5.10 Å². The van der Waals surface area contributed by atoms with Crippen molar-refractivity contribution in [3.8, 4) is 17.0 Å². The number of aromatic nitrogens is 2. The average Bonchev–Trinajstić information content (AvgIpc) is 2.65. The molecule has 0 radical (unpaired) electrons. The van der Waals surface area contributed by atoms with E-state index in [1.54, 1.807) is 17.8 Å². The fraction of sp³-hybridized carbons (Fsp3) is 0.250. The van der Waals surface area contributed by atoms with E-state index in [0.717, 1.165) is 5.56 Å². The first kappa shape index (κ1) is 12.9. The predicted octanol–water partition coefficient (Wildman–Crippen LogP) is 1.89. The van der Waals surface area contributed by atoms with Crippen molar-refractivity contribution in [3.63, 3.8) is 0 Å². The molecule has 1 aromatic heterocycles. The first-order valence-corrected chi connectivity index (χ1v) is 5.57. The van der Waals surface area contributed by atoms with Crippen molar-refractivity contribution in [2.45, 2.75) is 6.92 Å². The third kappa shape index (κ3) is 2.10. The van der Waals surface area contributed by atoms with Crippen molar-refractivity contribution in [1.29, 1.82) is 0 Å². The fourth-order valence-corrected chi connectivity index (χ4v) is 1.89. The number of non-ortho nitro benzene ring substituents is 1. The Balaban J connectivity index is 2.62. The summed E-state index contributed by atoms with van der Waals surface area (Å²) in [6.07, 6.45) is 0. The molecule has 0 unspecified atom stereocenters. The summed E-state index contributed by atoms with van der Waals surface area (Å²) in [5, 5.41) is 15.1. The summed E-state index contributed by atoms with van der Waals surface area (Å²) < 4.78 is 6.76. The van der Waals surface area contributed by atoms with Crippen LogP contribution >= 0.6 is 0 Å². The highest BCUT2D eigenvalue weighted by molar-refractivity contribution is 5.74. The van der Waals surface area contributed by atoms with Gasteiger partial charge in [0.05, 0.1) is 18.1 Å². The molecule has 2 N–H and O–H groups in total. The summed E-state index contributed by atoms with van der Waals surface area (Å²) in [5.74, 6) is 0.950. The van der Waals surface area contributed by atoms with Crippen LogP contribution in [-0.4, -0.2) is 21.8 Å². The van der Waals surface area contributed by atoms with Gasteiger partial charge >= 0.3 is 0 Å². The second kappa shape index (κ2) is 4.60. The number of aryl methyl sites for hydroxylation is 1. The van der Waals surface area contributed by atoms with E-state index in [2.05, 4.69) is 5.10 Å². The largest absolute Gasteiger partial charge is 0.496 e. The number of nitro benzene ring substituents is 1. The molecular weight excluding hydrogens is 248 g/mol. The molecule has 100 valence electrons. The molecule has 0 amide bonds. The molecule has 19 heavy (non-hydrogen) atoms. The zero-order valence-corrected chi connectivity index (χ0v) is 10.9. The standard InChI is InChI=1S/C12H14N4O3/c1-7-11(14-15(2)12(7)13)9-5-4-8(16(17)18)6-10(9)19-3/h4-6H,13H2,1-3H3. The SMILES string of the molecule is COc1cc([N+](=O)[O-])ccc1-c1nn(C)c(N)c1C. The molecule has 0 aliphatic carbocycles.